The van der Waals surface area contributed by atoms with E-state index >= 15 is 0 Å². The Morgan fingerprint density at radius 3 is 3.04 bits per heavy atom. The van der Waals surface area contributed by atoms with Gasteiger partial charge in [-0.15, -0.1) is 0 Å². The number of fused-ring (bicyclic) bond motifs is 1. The highest BCUT2D eigenvalue weighted by Gasteiger charge is 2.33. The van der Waals surface area contributed by atoms with Gasteiger partial charge in [0.2, 0.25) is 0 Å². The van der Waals surface area contributed by atoms with Gasteiger partial charge in [-0.05, 0) is 31.2 Å². The molecule has 0 saturated carbocycles. The molecule has 0 radical (unpaired) electrons. The fourth-order valence-electron chi connectivity index (χ4n) is 4.18. The second-order valence-corrected chi connectivity index (χ2v) is 7.10. The summed E-state index contributed by atoms with van der Waals surface area (Å²) in [4.78, 5) is 11.7. The summed E-state index contributed by atoms with van der Waals surface area (Å²) < 4.78 is 5.71. The van der Waals surface area contributed by atoms with Gasteiger partial charge in [0.05, 0.1) is 24.9 Å². The van der Waals surface area contributed by atoms with Crippen molar-refractivity contribution in [3.8, 4) is 0 Å². The van der Waals surface area contributed by atoms with Gasteiger partial charge in [-0.1, -0.05) is 36.8 Å². The number of rotatable bonds is 2. The molecular formula is C20H25N3O. The minimum absolute atomic E-state index is 0.375. The van der Waals surface area contributed by atoms with E-state index in [4.69, 9.17) is 4.74 Å². The first kappa shape index (κ1) is 15.6. The van der Waals surface area contributed by atoms with E-state index in [0.29, 0.717) is 18.6 Å². The molecule has 4 heteroatoms. The molecule has 3 heterocycles. The molecule has 1 saturated heterocycles. The minimum Gasteiger partial charge on any atom is -0.376 e. The van der Waals surface area contributed by atoms with Gasteiger partial charge in [0.1, 0.15) is 12.1 Å². The maximum atomic E-state index is 5.71. The lowest BCUT2D eigenvalue weighted by Crippen LogP contribution is -2.39. The maximum absolute atomic E-state index is 5.71. The van der Waals surface area contributed by atoms with Crippen LogP contribution in [0, 0.1) is 12.8 Å². The van der Waals surface area contributed by atoms with Crippen molar-refractivity contribution in [1.29, 1.82) is 0 Å². The van der Waals surface area contributed by atoms with Crippen molar-refractivity contribution < 1.29 is 4.74 Å². The average Bonchev–Trinajstić information content (AvgIpc) is 2.61. The van der Waals surface area contributed by atoms with Crippen LogP contribution in [0.1, 0.15) is 48.2 Å². The Morgan fingerprint density at radius 2 is 2.17 bits per heavy atom. The molecule has 0 N–H and O–H groups in total. The van der Waals surface area contributed by atoms with Crippen LogP contribution in [0.25, 0.3) is 0 Å². The molecule has 4 nitrogen and oxygen atoms in total. The number of benzene rings is 1. The maximum Gasteiger partial charge on any atom is 0.138 e. The lowest BCUT2D eigenvalue weighted by Gasteiger charge is -2.42. The third kappa shape index (κ3) is 2.80. The molecule has 2 aliphatic rings. The van der Waals surface area contributed by atoms with Crippen molar-refractivity contribution in [2.45, 2.75) is 45.8 Å². The van der Waals surface area contributed by atoms with Crippen LogP contribution < -0.4 is 4.90 Å². The molecule has 2 aromatic rings. The van der Waals surface area contributed by atoms with E-state index in [1.165, 1.54) is 29.5 Å². The standard InChI is InChI=1S/C20H25N3O/c1-14-5-3-7-16(11-14)19-15(2)6-4-9-23(19)20-17-12-24-10-8-18(17)21-13-22-20/h3,5,7,11,13,15,19H,4,6,8-10,12H2,1-2H3/t15-,19+/m1/s1. The summed E-state index contributed by atoms with van der Waals surface area (Å²) >= 11 is 0. The van der Waals surface area contributed by atoms with Crippen molar-refractivity contribution in [2.24, 2.45) is 5.92 Å². The van der Waals surface area contributed by atoms with Crippen molar-refractivity contribution in [1.82, 2.24) is 9.97 Å². The molecule has 126 valence electrons. The molecule has 24 heavy (non-hydrogen) atoms. The number of nitrogens with zero attached hydrogens (tertiary/aromatic N) is 3. The van der Waals surface area contributed by atoms with Gasteiger partial charge in [-0.3, -0.25) is 0 Å². The highest BCUT2D eigenvalue weighted by atomic mass is 16.5. The molecule has 4 rings (SSSR count). The first-order valence-corrected chi connectivity index (χ1v) is 8.98. The molecule has 0 spiro atoms. The van der Waals surface area contributed by atoms with Gasteiger partial charge in [0.25, 0.3) is 0 Å². The summed E-state index contributed by atoms with van der Waals surface area (Å²) in [6, 6.07) is 9.30. The van der Waals surface area contributed by atoms with Gasteiger partial charge < -0.3 is 9.64 Å². The molecule has 1 aromatic carbocycles. The quantitative estimate of drug-likeness (QED) is 0.842. The number of anilines is 1. The van der Waals surface area contributed by atoms with Gasteiger partial charge in [0, 0.05) is 18.5 Å². The molecular weight excluding hydrogens is 298 g/mol. The first-order chi connectivity index (χ1) is 11.7. The van der Waals surface area contributed by atoms with Gasteiger partial charge in [0.15, 0.2) is 0 Å². The average molecular weight is 323 g/mol. The zero-order chi connectivity index (χ0) is 16.5. The lowest BCUT2D eigenvalue weighted by molar-refractivity contribution is 0.109. The number of ether oxygens (including phenoxy) is 1. The number of aryl methyl sites for hydroxylation is 1. The number of hydrogen-bond donors (Lipinski definition) is 0. The third-order valence-electron chi connectivity index (χ3n) is 5.33. The molecule has 0 amide bonds. The fourth-order valence-corrected chi connectivity index (χ4v) is 4.18. The van der Waals surface area contributed by atoms with Gasteiger partial charge in [-0.2, -0.15) is 0 Å². The number of piperidine rings is 1. The summed E-state index contributed by atoms with van der Waals surface area (Å²) in [5.41, 5.74) is 5.06. The van der Waals surface area contributed by atoms with Crippen LogP contribution >= 0.6 is 0 Å². The largest absolute Gasteiger partial charge is 0.376 e. The van der Waals surface area contributed by atoms with Crippen LogP contribution in [0.2, 0.25) is 0 Å². The molecule has 2 atom stereocenters. The Morgan fingerprint density at radius 1 is 1.25 bits per heavy atom. The summed E-state index contributed by atoms with van der Waals surface area (Å²) in [6.45, 7) is 6.98. The lowest BCUT2D eigenvalue weighted by atomic mass is 9.85. The topological polar surface area (TPSA) is 38.2 Å². The number of aromatic nitrogens is 2. The van der Waals surface area contributed by atoms with Crippen LogP contribution in [0.4, 0.5) is 5.82 Å². The van der Waals surface area contributed by atoms with Crippen molar-refractivity contribution >= 4 is 5.82 Å². The number of hydrogen-bond acceptors (Lipinski definition) is 4. The minimum atomic E-state index is 0.375. The molecule has 0 bridgehead atoms. The summed E-state index contributed by atoms with van der Waals surface area (Å²) in [6.07, 6.45) is 5.09. The van der Waals surface area contributed by atoms with Gasteiger partial charge >= 0.3 is 0 Å². The van der Waals surface area contributed by atoms with Crippen LogP contribution in [0.5, 0.6) is 0 Å². The Kier molecular flexibility index (Phi) is 4.23. The molecule has 1 fully saturated rings. The Bertz CT molecular complexity index is 731. The molecule has 1 aromatic heterocycles. The monoisotopic (exact) mass is 323 g/mol. The normalized spacial score (nSPS) is 23.8. The Labute approximate surface area is 143 Å². The zero-order valence-electron chi connectivity index (χ0n) is 14.5. The molecule has 2 aliphatic heterocycles. The third-order valence-corrected chi connectivity index (χ3v) is 5.33. The summed E-state index contributed by atoms with van der Waals surface area (Å²) in [5, 5.41) is 0. The second kappa shape index (κ2) is 6.52. The van der Waals surface area contributed by atoms with E-state index in [0.717, 1.165) is 31.1 Å². The molecule has 0 unspecified atom stereocenters. The van der Waals surface area contributed by atoms with Gasteiger partial charge in [-0.25, -0.2) is 9.97 Å². The summed E-state index contributed by atoms with van der Waals surface area (Å²) in [5.74, 6) is 1.69. The van der Waals surface area contributed by atoms with Crippen LogP contribution in [-0.2, 0) is 17.8 Å². The molecule has 0 aliphatic carbocycles. The van der Waals surface area contributed by atoms with Crippen molar-refractivity contribution in [3.63, 3.8) is 0 Å². The van der Waals surface area contributed by atoms with E-state index in [1.54, 1.807) is 6.33 Å². The zero-order valence-corrected chi connectivity index (χ0v) is 14.5. The van der Waals surface area contributed by atoms with E-state index in [9.17, 15) is 0 Å². The van der Waals surface area contributed by atoms with Crippen LogP contribution in [-0.4, -0.2) is 23.1 Å². The fraction of sp³-hybridized carbons (Fsp3) is 0.500. The van der Waals surface area contributed by atoms with Crippen molar-refractivity contribution in [3.05, 3.63) is 53.0 Å². The highest BCUT2D eigenvalue weighted by Crippen LogP contribution is 2.40. The van der Waals surface area contributed by atoms with E-state index in [1.807, 2.05) is 0 Å². The van der Waals surface area contributed by atoms with Crippen molar-refractivity contribution in [2.75, 3.05) is 18.1 Å². The smallest absolute Gasteiger partial charge is 0.138 e. The van der Waals surface area contributed by atoms with E-state index in [2.05, 4.69) is 53.0 Å². The van der Waals surface area contributed by atoms with E-state index in [-0.39, 0.29) is 0 Å². The predicted molar refractivity (Wildman–Crippen MR) is 95.1 cm³/mol. The first-order valence-electron chi connectivity index (χ1n) is 8.98. The van der Waals surface area contributed by atoms with E-state index < -0.39 is 0 Å². The summed E-state index contributed by atoms with van der Waals surface area (Å²) in [7, 11) is 0. The highest BCUT2D eigenvalue weighted by molar-refractivity contribution is 5.52. The Hall–Kier alpha value is -1.94. The predicted octanol–water partition coefficient (Wildman–Crippen LogP) is 3.84. The SMILES string of the molecule is Cc1cccc([C@@H]2[C@H](C)CCCN2c2ncnc3c2COCC3)c1. The van der Waals surface area contributed by atoms with Crippen LogP contribution in [0.15, 0.2) is 30.6 Å². The second-order valence-electron chi connectivity index (χ2n) is 7.10. The van der Waals surface area contributed by atoms with Crippen LogP contribution in [0.3, 0.4) is 0 Å². The Balaban J connectivity index is 1.77.